The Balaban J connectivity index is 1.08. The number of hydrogen-bond donors (Lipinski definition) is 1. The van der Waals surface area contributed by atoms with Crippen molar-refractivity contribution in [3.63, 3.8) is 0 Å². The molecule has 0 aliphatic carbocycles. The molecule has 1 fully saturated rings. The summed E-state index contributed by atoms with van der Waals surface area (Å²) in [6.07, 6.45) is 9.62. The van der Waals surface area contributed by atoms with Crippen LogP contribution in [0.3, 0.4) is 0 Å². The first kappa shape index (κ1) is 24.5. The minimum absolute atomic E-state index is 0.0805. The van der Waals surface area contributed by atoms with E-state index >= 15 is 0 Å². The molecule has 0 bridgehead atoms. The Morgan fingerprint density at radius 2 is 1.94 bits per heavy atom. The molecule has 2 amide bonds. The zero-order valence-electron chi connectivity index (χ0n) is 19.9. The van der Waals surface area contributed by atoms with Crippen LogP contribution in [0.15, 0.2) is 57.7 Å². The fraction of sp³-hybridized carbons (Fsp3) is 0.360. The van der Waals surface area contributed by atoms with Crippen molar-refractivity contribution in [2.24, 2.45) is 5.92 Å². The molecule has 11 heteroatoms. The Labute approximate surface area is 213 Å². The van der Waals surface area contributed by atoms with Gasteiger partial charge >= 0.3 is 0 Å². The number of nitrogens with zero attached hydrogens (tertiary/aromatic N) is 4. The topological polar surface area (TPSA) is 114 Å². The van der Waals surface area contributed by atoms with Gasteiger partial charge in [0.25, 0.3) is 11.8 Å². The lowest BCUT2D eigenvalue weighted by Gasteiger charge is -2.32. The molecule has 1 N–H and O–H groups in total. The van der Waals surface area contributed by atoms with Crippen molar-refractivity contribution < 1.29 is 18.0 Å². The van der Waals surface area contributed by atoms with Crippen LogP contribution in [0.5, 0.6) is 0 Å². The molecule has 2 aliphatic rings. The second kappa shape index (κ2) is 10.1. The molecule has 0 unspecified atom stereocenters. The zero-order chi connectivity index (χ0) is 25.3. The number of likely N-dealkylation sites (tertiary alicyclic amines) is 1. The van der Waals surface area contributed by atoms with Gasteiger partial charge in [-0.3, -0.25) is 14.0 Å². The predicted molar refractivity (Wildman–Crippen MR) is 137 cm³/mol. The fourth-order valence-corrected chi connectivity index (χ4v) is 6.54. The largest absolute Gasteiger partial charge is 0.352 e. The lowest BCUT2D eigenvalue weighted by Crippen LogP contribution is -2.39. The Kier molecular flexibility index (Phi) is 6.85. The Hall–Kier alpha value is -3.18. The summed E-state index contributed by atoms with van der Waals surface area (Å²) in [5.74, 6) is 0.0944. The molecule has 0 spiro atoms. The van der Waals surface area contributed by atoms with E-state index in [4.69, 9.17) is 0 Å². The summed E-state index contributed by atoms with van der Waals surface area (Å²) < 4.78 is 26.0. The number of pyridine rings is 2. The van der Waals surface area contributed by atoms with Gasteiger partial charge in [-0.15, -0.1) is 0 Å². The third kappa shape index (κ3) is 5.03. The molecular weight excluding hydrogens is 498 g/mol. The summed E-state index contributed by atoms with van der Waals surface area (Å²) in [5, 5.41) is 3.84. The lowest BCUT2D eigenvalue weighted by molar-refractivity contribution is -0.116. The van der Waals surface area contributed by atoms with Crippen molar-refractivity contribution in [3.8, 4) is 0 Å². The Morgan fingerprint density at radius 3 is 2.72 bits per heavy atom. The first-order valence-electron chi connectivity index (χ1n) is 11.9. The maximum Gasteiger partial charge on any atom is 0.258 e. The second-order valence-corrected chi connectivity index (χ2v) is 12.1. The van der Waals surface area contributed by atoms with Gasteiger partial charge in [-0.1, -0.05) is 17.8 Å². The fourth-order valence-electron chi connectivity index (χ4n) is 4.72. The van der Waals surface area contributed by atoms with Crippen LogP contribution in [0.1, 0.15) is 41.7 Å². The first-order chi connectivity index (χ1) is 17.3. The lowest BCUT2D eigenvalue weighted by atomic mass is 9.92. The average molecular weight is 526 g/mol. The molecule has 36 heavy (non-hydrogen) atoms. The van der Waals surface area contributed by atoms with Crippen molar-refractivity contribution >= 4 is 45.1 Å². The average Bonchev–Trinajstić information content (AvgIpc) is 3.30. The number of carbonyl (C=O) groups is 2. The molecule has 9 nitrogen and oxygen atoms in total. The zero-order valence-corrected chi connectivity index (χ0v) is 21.5. The van der Waals surface area contributed by atoms with Gasteiger partial charge in [-0.2, -0.15) is 0 Å². The summed E-state index contributed by atoms with van der Waals surface area (Å²) in [4.78, 5) is 36.3. The summed E-state index contributed by atoms with van der Waals surface area (Å²) >= 11 is 1.44. The van der Waals surface area contributed by atoms with E-state index in [-0.39, 0.29) is 22.4 Å². The molecule has 3 aromatic rings. The molecule has 0 atom stereocenters. The van der Waals surface area contributed by atoms with Crippen LogP contribution in [0.4, 0.5) is 0 Å². The smallest absolute Gasteiger partial charge is 0.258 e. The van der Waals surface area contributed by atoms with E-state index in [1.54, 1.807) is 17.2 Å². The SMILES string of the molecule is CS(=O)(=O)c1ncccc1C(=O)N1CCC(CCCNC(=O)C2=Cc3cnc4cccc(n34)S2)CC1. The molecule has 0 saturated carbocycles. The molecular formula is C25H27N5O4S2. The van der Waals surface area contributed by atoms with Crippen molar-refractivity contribution in [2.75, 3.05) is 25.9 Å². The van der Waals surface area contributed by atoms with Crippen LogP contribution in [0.2, 0.25) is 0 Å². The number of amides is 2. The van der Waals surface area contributed by atoms with Crippen LogP contribution < -0.4 is 5.32 Å². The van der Waals surface area contributed by atoms with Gasteiger partial charge in [0, 0.05) is 32.1 Å². The van der Waals surface area contributed by atoms with E-state index in [0.29, 0.717) is 30.5 Å². The van der Waals surface area contributed by atoms with Gasteiger partial charge < -0.3 is 10.2 Å². The molecule has 0 radical (unpaired) electrons. The highest BCUT2D eigenvalue weighted by Crippen LogP contribution is 2.34. The van der Waals surface area contributed by atoms with Crippen LogP contribution in [0.25, 0.3) is 11.7 Å². The summed E-state index contributed by atoms with van der Waals surface area (Å²) in [6, 6.07) is 8.97. The minimum Gasteiger partial charge on any atom is -0.352 e. The van der Waals surface area contributed by atoms with Crippen LogP contribution in [-0.2, 0) is 14.6 Å². The minimum atomic E-state index is -3.58. The van der Waals surface area contributed by atoms with Crippen molar-refractivity contribution in [2.45, 2.75) is 35.7 Å². The standard InChI is InChI=1S/C25H27N5O4S2/c1-36(33,34)24-19(6-4-12-27-24)25(32)29-13-9-17(10-14-29)5-3-11-26-23(31)20-15-18-16-28-21-7-2-8-22(35-20)30(18)21/h2,4,6-8,12,15-17H,3,5,9-11,13-14H2,1H3,(H,26,31). The van der Waals surface area contributed by atoms with Gasteiger partial charge in [-0.25, -0.2) is 18.4 Å². The van der Waals surface area contributed by atoms with Crippen LogP contribution in [-0.4, -0.2) is 65.4 Å². The summed E-state index contributed by atoms with van der Waals surface area (Å²) in [7, 11) is -3.58. The molecule has 2 aliphatic heterocycles. The number of nitrogens with one attached hydrogen (secondary N) is 1. The molecule has 5 heterocycles. The van der Waals surface area contributed by atoms with Gasteiger partial charge in [-0.05, 0) is 61.9 Å². The van der Waals surface area contributed by atoms with Crippen molar-refractivity contribution in [3.05, 3.63) is 58.9 Å². The van der Waals surface area contributed by atoms with Crippen LogP contribution in [0, 0.1) is 5.92 Å². The Morgan fingerprint density at radius 1 is 1.14 bits per heavy atom. The molecule has 1 saturated heterocycles. The van der Waals surface area contributed by atoms with E-state index in [1.165, 1.54) is 24.0 Å². The number of thioether (sulfide) groups is 1. The summed E-state index contributed by atoms with van der Waals surface area (Å²) in [5.41, 5.74) is 1.91. The van der Waals surface area contributed by atoms with E-state index in [0.717, 1.165) is 48.3 Å². The highest BCUT2D eigenvalue weighted by atomic mass is 32.2. The van der Waals surface area contributed by atoms with E-state index in [2.05, 4.69) is 15.3 Å². The van der Waals surface area contributed by atoms with Crippen LogP contribution >= 0.6 is 11.8 Å². The van der Waals surface area contributed by atoms with Gasteiger partial charge in [0.05, 0.1) is 27.4 Å². The number of rotatable bonds is 7. The number of piperidine rings is 1. The van der Waals surface area contributed by atoms with E-state index < -0.39 is 9.84 Å². The maximum atomic E-state index is 12.9. The number of carbonyl (C=O) groups excluding carboxylic acids is 2. The summed E-state index contributed by atoms with van der Waals surface area (Å²) in [6.45, 7) is 1.75. The predicted octanol–water partition coefficient (Wildman–Crippen LogP) is 3.03. The van der Waals surface area contributed by atoms with Gasteiger partial charge in [0.2, 0.25) is 0 Å². The maximum absolute atomic E-state index is 12.9. The molecule has 0 aromatic carbocycles. The van der Waals surface area contributed by atoms with Crippen molar-refractivity contribution in [1.82, 2.24) is 24.6 Å². The Bertz CT molecular complexity index is 1460. The second-order valence-electron chi connectivity index (χ2n) is 9.11. The third-order valence-electron chi connectivity index (χ3n) is 6.57. The molecule has 5 rings (SSSR count). The number of imidazole rings is 1. The molecule has 3 aromatic heterocycles. The number of sulfone groups is 1. The highest BCUT2D eigenvalue weighted by Gasteiger charge is 2.28. The highest BCUT2D eigenvalue weighted by molar-refractivity contribution is 8.04. The van der Waals surface area contributed by atoms with E-state index in [1.807, 2.05) is 28.7 Å². The first-order valence-corrected chi connectivity index (χ1v) is 14.6. The third-order valence-corrected chi connectivity index (χ3v) is 8.65. The van der Waals surface area contributed by atoms with Gasteiger partial charge in [0.15, 0.2) is 14.9 Å². The quantitative estimate of drug-likeness (QED) is 0.472. The van der Waals surface area contributed by atoms with Gasteiger partial charge in [0.1, 0.15) is 5.65 Å². The van der Waals surface area contributed by atoms with Crippen molar-refractivity contribution in [1.29, 1.82) is 0 Å². The number of hydrogen-bond acceptors (Lipinski definition) is 7. The molecule has 188 valence electrons. The van der Waals surface area contributed by atoms with E-state index in [9.17, 15) is 18.0 Å². The number of aromatic nitrogens is 3. The monoisotopic (exact) mass is 525 g/mol. The normalized spacial score (nSPS) is 16.1.